The molecule has 3 amide bonds. The maximum atomic E-state index is 13.1. The molecule has 1 saturated heterocycles. The van der Waals surface area contributed by atoms with Crippen molar-refractivity contribution in [2.75, 3.05) is 41.7 Å². The highest BCUT2D eigenvalue weighted by atomic mass is 16.2. The van der Waals surface area contributed by atoms with Crippen LogP contribution in [0.3, 0.4) is 0 Å². The highest BCUT2D eigenvalue weighted by molar-refractivity contribution is 6.00. The molecule has 1 heterocycles. The number of piperazine rings is 1. The van der Waals surface area contributed by atoms with Crippen molar-refractivity contribution in [2.45, 2.75) is 19.8 Å². The molecule has 5 rings (SSSR count). The molecule has 0 bridgehead atoms. The van der Waals surface area contributed by atoms with Crippen LogP contribution in [-0.2, 0) is 0 Å². The van der Waals surface area contributed by atoms with Gasteiger partial charge in [-0.3, -0.25) is 4.79 Å². The third-order valence-electron chi connectivity index (χ3n) is 6.89. The lowest BCUT2D eigenvalue weighted by atomic mass is 10.0. The van der Waals surface area contributed by atoms with E-state index < -0.39 is 0 Å². The first-order valence-corrected chi connectivity index (χ1v) is 12.8. The Morgan fingerprint density at radius 3 is 1.92 bits per heavy atom. The molecular formula is C31H32N4O2. The van der Waals surface area contributed by atoms with Crippen LogP contribution in [0.5, 0.6) is 0 Å². The number of urea groups is 1. The molecular weight excluding hydrogens is 460 g/mol. The quantitative estimate of drug-likeness (QED) is 0.331. The van der Waals surface area contributed by atoms with E-state index in [1.807, 2.05) is 89.8 Å². The van der Waals surface area contributed by atoms with Gasteiger partial charge in [-0.2, -0.15) is 0 Å². The molecule has 0 aliphatic carbocycles. The average molecular weight is 493 g/mol. The summed E-state index contributed by atoms with van der Waals surface area (Å²) in [5, 5.41) is 7.98. The van der Waals surface area contributed by atoms with E-state index in [0.717, 1.165) is 46.5 Å². The zero-order valence-electron chi connectivity index (χ0n) is 21.3. The third kappa shape index (κ3) is 5.75. The van der Waals surface area contributed by atoms with E-state index in [4.69, 9.17) is 0 Å². The molecule has 1 aliphatic rings. The summed E-state index contributed by atoms with van der Waals surface area (Å²) in [5.74, 6) is 0.532. The molecule has 6 heteroatoms. The summed E-state index contributed by atoms with van der Waals surface area (Å²) in [6.45, 7) is 7.15. The Hall–Kier alpha value is -4.32. The molecule has 0 saturated carbocycles. The second kappa shape index (κ2) is 10.7. The molecule has 2 N–H and O–H groups in total. The van der Waals surface area contributed by atoms with E-state index in [1.165, 1.54) is 5.56 Å². The summed E-state index contributed by atoms with van der Waals surface area (Å²) >= 11 is 0. The van der Waals surface area contributed by atoms with Crippen LogP contribution < -0.4 is 15.5 Å². The number of nitrogens with zero attached hydrogens (tertiary/aromatic N) is 2. The number of fused-ring (bicyclic) bond motifs is 1. The minimum absolute atomic E-state index is 0.0785. The molecule has 1 aliphatic heterocycles. The van der Waals surface area contributed by atoms with Crippen LogP contribution in [-0.4, -0.2) is 43.0 Å². The maximum Gasteiger partial charge on any atom is 0.323 e. The standard InChI is InChI=1S/C31H32N4O2/c1-22(2)23-9-11-27(12-10-23)32-31(37)33-28-13-15-29(16-14-28)34-17-19-35(20-18-34)30(36)26-8-7-24-5-3-4-6-25(24)21-26/h3-16,21-22H,17-20H2,1-2H3,(H2,32,33,37). The molecule has 4 aromatic rings. The smallest absolute Gasteiger partial charge is 0.323 e. The maximum absolute atomic E-state index is 13.1. The number of hydrogen-bond donors (Lipinski definition) is 2. The zero-order chi connectivity index (χ0) is 25.8. The number of carbonyl (C=O) groups excluding carboxylic acids is 2. The second-order valence-corrected chi connectivity index (χ2v) is 9.74. The predicted octanol–water partition coefficient (Wildman–Crippen LogP) is 6.57. The SMILES string of the molecule is CC(C)c1ccc(NC(=O)Nc2ccc(N3CCN(C(=O)c4ccc5ccccc5c4)CC3)cc2)cc1. The second-order valence-electron chi connectivity index (χ2n) is 9.74. The van der Waals surface area contributed by atoms with Crippen molar-refractivity contribution in [1.29, 1.82) is 0 Å². The van der Waals surface area contributed by atoms with Crippen molar-refractivity contribution in [1.82, 2.24) is 4.90 Å². The van der Waals surface area contributed by atoms with E-state index in [-0.39, 0.29) is 11.9 Å². The first-order valence-electron chi connectivity index (χ1n) is 12.8. The summed E-state index contributed by atoms with van der Waals surface area (Å²) in [5.41, 5.74) is 4.53. The van der Waals surface area contributed by atoms with Gasteiger partial charge in [0.1, 0.15) is 0 Å². The summed E-state index contributed by atoms with van der Waals surface area (Å²) in [6.07, 6.45) is 0. The van der Waals surface area contributed by atoms with Crippen molar-refractivity contribution >= 4 is 39.8 Å². The molecule has 0 atom stereocenters. The monoisotopic (exact) mass is 492 g/mol. The summed E-state index contributed by atoms with van der Waals surface area (Å²) in [4.78, 5) is 29.7. The lowest BCUT2D eigenvalue weighted by Gasteiger charge is -2.36. The predicted molar refractivity (Wildman–Crippen MR) is 152 cm³/mol. The molecule has 6 nitrogen and oxygen atoms in total. The van der Waals surface area contributed by atoms with Crippen LogP contribution >= 0.6 is 0 Å². The fourth-order valence-corrected chi connectivity index (χ4v) is 4.67. The third-order valence-corrected chi connectivity index (χ3v) is 6.89. The topological polar surface area (TPSA) is 64.7 Å². The van der Waals surface area contributed by atoms with E-state index in [0.29, 0.717) is 19.0 Å². The van der Waals surface area contributed by atoms with Gasteiger partial charge >= 0.3 is 6.03 Å². The molecule has 0 spiro atoms. The summed E-state index contributed by atoms with van der Waals surface area (Å²) in [7, 11) is 0. The van der Waals surface area contributed by atoms with Crippen molar-refractivity contribution in [2.24, 2.45) is 0 Å². The summed E-state index contributed by atoms with van der Waals surface area (Å²) < 4.78 is 0. The number of hydrogen-bond acceptors (Lipinski definition) is 3. The van der Waals surface area contributed by atoms with Crippen molar-refractivity contribution in [3.05, 3.63) is 102 Å². The van der Waals surface area contributed by atoms with Crippen molar-refractivity contribution in [3.63, 3.8) is 0 Å². The lowest BCUT2D eigenvalue weighted by Crippen LogP contribution is -2.48. The number of carbonyl (C=O) groups is 2. The van der Waals surface area contributed by atoms with Crippen LogP contribution in [0.4, 0.5) is 21.9 Å². The van der Waals surface area contributed by atoms with E-state index in [1.54, 1.807) is 0 Å². The van der Waals surface area contributed by atoms with Crippen LogP contribution in [0.1, 0.15) is 35.7 Å². The van der Waals surface area contributed by atoms with E-state index in [2.05, 4.69) is 35.4 Å². The van der Waals surface area contributed by atoms with Gasteiger partial charge in [-0.15, -0.1) is 0 Å². The van der Waals surface area contributed by atoms with Crippen LogP contribution in [0.15, 0.2) is 91.0 Å². The Bertz CT molecular complexity index is 1390. The summed E-state index contributed by atoms with van der Waals surface area (Å²) in [6, 6.07) is 29.5. The fourth-order valence-electron chi connectivity index (χ4n) is 4.67. The Morgan fingerprint density at radius 1 is 0.703 bits per heavy atom. The van der Waals surface area contributed by atoms with Gasteiger partial charge < -0.3 is 20.4 Å². The highest BCUT2D eigenvalue weighted by Gasteiger charge is 2.22. The highest BCUT2D eigenvalue weighted by Crippen LogP contribution is 2.22. The van der Waals surface area contributed by atoms with Crippen LogP contribution in [0, 0.1) is 0 Å². The first kappa shape index (κ1) is 24.4. The van der Waals surface area contributed by atoms with Gasteiger partial charge in [-0.1, -0.05) is 56.3 Å². The number of amides is 3. The molecule has 37 heavy (non-hydrogen) atoms. The van der Waals surface area contributed by atoms with E-state index >= 15 is 0 Å². The Labute approximate surface area is 217 Å². The molecule has 1 fully saturated rings. The van der Waals surface area contributed by atoms with Crippen molar-refractivity contribution in [3.8, 4) is 0 Å². The first-order chi connectivity index (χ1) is 18.0. The van der Waals surface area contributed by atoms with Crippen LogP contribution in [0.25, 0.3) is 10.8 Å². The lowest BCUT2D eigenvalue weighted by molar-refractivity contribution is 0.0747. The number of benzene rings is 4. The molecule has 4 aromatic carbocycles. The van der Waals surface area contributed by atoms with Gasteiger partial charge in [0.2, 0.25) is 0 Å². The molecule has 0 radical (unpaired) electrons. The average Bonchev–Trinajstić information content (AvgIpc) is 2.93. The number of nitrogens with one attached hydrogen (secondary N) is 2. The minimum Gasteiger partial charge on any atom is -0.368 e. The van der Waals surface area contributed by atoms with Gasteiger partial charge in [0.25, 0.3) is 5.91 Å². The van der Waals surface area contributed by atoms with Crippen LogP contribution in [0.2, 0.25) is 0 Å². The molecule has 0 unspecified atom stereocenters. The van der Waals surface area contributed by atoms with E-state index in [9.17, 15) is 9.59 Å². The normalized spacial score (nSPS) is 13.6. The van der Waals surface area contributed by atoms with Gasteiger partial charge in [0.15, 0.2) is 0 Å². The van der Waals surface area contributed by atoms with Gasteiger partial charge in [0.05, 0.1) is 0 Å². The zero-order valence-corrected chi connectivity index (χ0v) is 21.3. The van der Waals surface area contributed by atoms with Gasteiger partial charge in [-0.05, 0) is 70.8 Å². The van der Waals surface area contributed by atoms with Crippen molar-refractivity contribution < 1.29 is 9.59 Å². The minimum atomic E-state index is -0.272. The molecule has 188 valence electrons. The molecule has 0 aromatic heterocycles. The Balaban J connectivity index is 1.13. The Morgan fingerprint density at radius 2 is 1.30 bits per heavy atom. The van der Waals surface area contributed by atoms with Gasteiger partial charge in [0, 0.05) is 48.8 Å². The number of anilines is 3. The number of rotatable bonds is 5. The fraction of sp³-hybridized carbons (Fsp3) is 0.226. The van der Waals surface area contributed by atoms with Gasteiger partial charge in [-0.25, -0.2) is 4.79 Å². The largest absolute Gasteiger partial charge is 0.368 e. The Kier molecular flexibility index (Phi) is 7.08.